The second-order valence-corrected chi connectivity index (χ2v) is 12.0. The number of para-hydroxylation sites is 6. The normalized spacial score (nSPS) is 12.3. The van der Waals surface area contributed by atoms with Crippen LogP contribution in [0.25, 0.3) is 99.4 Å². The zero-order valence-corrected chi connectivity index (χ0v) is 24.9. The van der Waals surface area contributed by atoms with Gasteiger partial charge in [0, 0.05) is 37.9 Å². The average molecular weight is 602 g/mol. The molecule has 0 radical (unpaired) electrons. The second-order valence-electron chi connectivity index (χ2n) is 12.0. The zero-order valence-electron chi connectivity index (χ0n) is 24.9. The molecule has 0 N–H and O–H groups in total. The van der Waals surface area contributed by atoms with E-state index in [1.54, 1.807) is 0 Å². The van der Waals surface area contributed by atoms with Crippen LogP contribution in [0.3, 0.4) is 0 Å². The summed E-state index contributed by atoms with van der Waals surface area (Å²) in [4.78, 5) is 15.9. The van der Waals surface area contributed by atoms with E-state index in [4.69, 9.17) is 19.4 Å². The summed E-state index contributed by atoms with van der Waals surface area (Å²) in [5.41, 5.74) is 9.20. The number of imidazole rings is 1. The van der Waals surface area contributed by atoms with Gasteiger partial charge in [-0.05, 0) is 41.8 Å². The van der Waals surface area contributed by atoms with Gasteiger partial charge in [-0.25, -0.2) is 15.0 Å². The first-order chi connectivity index (χ1) is 23.3. The molecule has 11 aromatic rings. The fourth-order valence-electron chi connectivity index (χ4n) is 7.53. The Balaban J connectivity index is 1.35. The minimum absolute atomic E-state index is 0.590. The molecule has 218 valence electrons. The van der Waals surface area contributed by atoms with E-state index in [0.717, 1.165) is 93.5 Å². The van der Waals surface area contributed by atoms with Crippen molar-refractivity contribution in [3.8, 4) is 17.2 Å². The van der Waals surface area contributed by atoms with E-state index in [2.05, 4.69) is 118 Å². The van der Waals surface area contributed by atoms with Crippen LogP contribution in [0.1, 0.15) is 0 Å². The molecule has 0 atom stereocenters. The molecule has 11 rings (SSSR count). The molecule has 6 aromatic carbocycles. The molecule has 0 fully saturated rings. The van der Waals surface area contributed by atoms with Crippen molar-refractivity contribution in [2.24, 2.45) is 0 Å². The Morgan fingerprint density at radius 3 is 2.00 bits per heavy atom. The second kappa shape index (κ2) is 9.02. The minimum Gasteiger partial charge on any atom is -0.455 e. The molecule has 47 heavy (non-hydrogen) atoms. The fourth-order valence-corrected chi connectivity index (χ4v) is 7.53. The number of hydrogen-bond acceptors (Lipinski definition) is 4. The van der Waals surface area contributed by atoms with E-state index < -0.39 is 0 Å². The van der Waals surface area contributed by atoms with Crippen LogP contribution in [0.5, 0.6) is 0 Å². The Kier molecular flexibility index (Phi) is 4.75. The van der Waals surface area contributed by atoms with Crippen molar-refractivity contribution in [2.45, 2.75) is 0 Å². The number of furan rings is 1. The van der Waals surface area contributed by atoms with E-state index >= 15 is 0 Å². The summed E-state index contributed by atoms with van der Waals surface area (Å²) in [6, 6.07) is 48.2. The molecule has 5 aromatic heterocycles. The van der Waals surface area contributed by atoms with Crippen LogP contribution in [-0.4, -0.2) is 23.9 Å². The topological polar surface area (TPSA) is 61.2 Å². The molecule has 0 aliphatic carbocycles. The van der Waals surface area contributed by atoms with Gasteiger partial charge in [0.15, 0.2) is 0 Å². The lowest BCUT2D eigenvalue weighted by Crippen LogP contribution is -2.06. The molecule has 6 nitrogen and oxygen atoms in total. The Morgan fingerprint density at radius 1 is 0.468 bits per heavy atom. The Hall–Kier alpha value is -6.53. The molecule has 0 aliphatic heterocycles. The van der Waals surface area contributed by atoms with Crippen LogP contribution in [0.15, 0.2) is 144 Å². The molecule has 5 heterocycles. The highest BCUT2D eigenvalue weighted by Gasteiger charge is 2.24. The van der Waals surface area contributed by atoms with Crippen LogP contribution in [0.4, 0.5) is 0 Å². The van der Waals surface area contributed by atoms with Crippen LogP contribution in [0, 0.1) is 0 Å². The van der Waals surface area contributed by atoms with E-state index in [0.29, 0.717) is 5.95 Å². The molecule has 0 saturated carbocycles. The van der Waals surface area contributed by atoms with Gasteiger partial charge in [-0.3, -0.25) is 8.97 Å². The number of fused-ring (bicyclic) bond motifs is 14. The van der Waals surface area contributed by atoms with Gasteiger partial charge in [-0.15, -0.1) is 0 Å². The van der Waals surface area contributed by atoms with Crippen molar-refractivity contribution < 1.29 is 4.42 Å². The van der Waals surface area contributed by atoms with E-state index in [1.165, 1.54) is 0 Å². The number of benzene rings is 6. The predicted octanol–water partition coefficient (Wildman–Crippen LogP) is 10.2. The third-order valence-electron chi connectivity index (χ3n) is 9.51. The summed E-state index contributed by atoms with van der Waals surface area (Å²) in [5.74, 6) is 0.590. The van der Waals surface area contributed by atoms with Crippen LogP contribution in [-0.2, 0) is 0 Å². The van der Waals surface area contributed by atoms with Crippen molar-refractivity contribution in [1.82, 2.24) is 23.9 Å². The molecule has 0 bridgehead atoms. The van der Waals surface area contributed by atoms with Gasteiger partial charge >= 0.3 is 0 Å². The number of rotatable bonds is 2. The summed E-state index contributed by atoms with van der Waals surface area (Å²) in [5, 5.41) is 7.65. The van der Waals surface area contributed by atoms with Crippen LogP contribution in [0.2, 0.25) is 0 Å². The molecule has 0 spiro atoms. The highest BCUT2D eigenvalue weighted by molar-refractivity contribution is 6.24. The van der Waals surface area contributed by atoms with Gasteiger partial charge in [-0.1, -0.05) is 103 Å². The van der Waals surface area contributed by atoms with Crippen LogP contribution >= 0.6 is 0 Å². The predicted molar refractivity (Wildman–Crippen MR) is 190 cm³/mol. The largest absolute Gasteiger partial charge is 0.455 e. The van der Waals surface area contributed by atoms with Gasteiger partial charge in [0.05, 0.1) is 27.8 Å². The average Bonchev–Trinajstić information content (AvgIpc) is 3.81. The van der Waals surface area contributed by atoms with Crippen molar-refractivity contribution in [2.75, 3.05) is 0 Å². The van der Waals surface area contributed by atoms with Crippen molar-refractivity contribution >= 4 is 82.2 Å². The summed E-state index contributed by atoms with van der Waals surface area (Å²) in [6.07, 6.45) is 0. The molecule has 0 aliphatic rings. The lowest BCUT2D eigenvalue weighted by Gasteiger charge is -2.13. The van der Waals surface area contributed by atoms with Crippen molar-refractivity contribution in [1.29, 1.82) is 0 Å². The third-order valence-corrected chi connectivity index (χ3v) is 9.51. The van der Waals surface area contributed by atoms with E-state index in [-0.39, 0.29) is 0 Å². The maximum Gasteiger partial charge on any atom is 0.236 e. The number of pyridine rings is 1. The first kappa shape index (κ1) is 24.8. The number of hydrogen-bond donors (Lipinski definition) is 0. The first-order valence-electron chi connectivity index (χ1n) is 15.7. The molecular formula is C41H23N5O. The standard InChI is InChI=1S/C41H23N5O/c1-2-14-27-25(13-1)36-29-16-4-8-21-33(29)46(40(36)45-34-22-9-7-20-32(34)42-39(27)45)41-43-31-19-6-3-15-28(31)37(44-41)30-18-11-17-26-24-12-5-10-23-35(24)47-38(26)30/h1-23H. The lowest BCUT2D eigenvalue weighted by molar-refractivity contribution is 0.670. The number of aromatic nitrogens is 5. The SMILES string of the molecule is c1ccc2c(-c3cccc4c3oc3ccccc34)nc(-n3c4ccccc4c4c5ccccc5c5nc6ccccc6n5c43)nc2c1. The summed E-state index contributed by atoms with van der Waals surface area (Å²) >= 11 is 0. The molecule has 0 amide bonds. The molecular weight excluding hydrogens is 578 g/mol. The Bertz CT molecular complexity index is 3090. The van der Waals surface area contributed by atoms with E-state index in [9.17, 15) is 0 Å². The lowest BCUT2D eigenvalue weighted by atomic mass is 10.0. The summed E-state index contributed by atoms with van der Waals surface area (Å²) in [6.45, 7) is 0. The maximum atomic E-state index is 6.52. The Morgan fingerprint density at radius 2 is 1.13 bits per heavy atom. The highest BCUT2D eigenvalue weighted by atomic mass is 16.3. The van der Waals surface area contributed by atoms with Crippen molar-refractivity contribution in [3.63, 3.8) is 0 Å². The molecule has 0 unspecified atom stereocenters. The summed E-state index contributed by atoms with van der Waals surface area (Å²) in [7, 11) is 0. The summed E-state index contributed by atoms with van der Waals surface area (Å²) < 4.78 is 11.0. The van der Waals surface area contributed by atoms with Gasteiger partial charge in [0.25, 0.3) is 0 Å². The van der Waals surface area contributed by atoms with Gasteiger partial charge in [-0.2, -0.15) is 0 Å². The minimum atomic E-state index is 0.590. The Labute approximate surface area is 266 Å². The van der Waals surface area contributed by atoms with Crippen molar-refractivity contribution in [3.05, 3.63) is 140 Å². The first-order valence-corrected chi connectivity index (χ1v) is 15.7. The van der Waals surface area contributed by atoms with Gasteiger partial charge in [0.2, 0.25) is 5.95 Å². The molecule has 6 heteroatoms. The van der Waals surface area contributed by atoms with Gasteiger partial charge in [0.1, 0.15) is 22.5 Å². The third kappa shape index (κ3) is 3.26. The molecule has 0 saturated heterocycles. The number of nitrogens with zero attached hydrogens (tertiary/aromatic N) is 5. The fraction of sp³-hybridized carbons (Fsp3) is 0. The van der Waals surface area contributed by atoms with E-state index in [1.807, 2.05) is 30.3 Å². The maximum absolute atomic E-state index is 6.52. The smallest absolute Gasteiger partial charge is 0.236 e. The van der Waals surface area contributed by atoms with Crippen LogP contribution < -0.4 is 0 Å². The zero-order chi connectivity index (χ0) is 30.6. The van der Waals surface area contributed by atoms with Gasteiger partial charge < -0.3 is 4.42 Å². The quantitative estimate of drug-likeness (QED) is 0.198. The highest BCUT2D eigenvalue weighted by Crippen LogP contribution is 2.41. The monoisotopic (exact) mass is 601 g/mol.